The van der Waals surface area contributed by atoms with Crippen molar-refractivity contribution in [2.45, 2.75) is 30.2 Å². The zero-order chi connectivity index (χ0) is 19.6. The van der Waals surface area contributed by atoms with Crippen LogP contribution in [0.25, 0.3) is 0 Å². The van der Waals surface area contributed by atoms with E-state index < -0.39 is 10.0 Å². The molecule has 0 radical (unpaired) electrons. The first-order valence-electron chi connectivity index (χ1n) is 8.85. The van der Waals surface area contributed by atoms with Gasteiger partial charge in [-0.15, -0.1) is 0 Å². The van der Waals surface area contributed by atoms with Crippen LogP contribution in [0.3, 0.4) is 0 Å². The van der Waals surface area contributed by atoms with Crippen LogP contribution in [-0.2, 0) is 16.4 Å². The average Bonchev–Trinajstić information content (AvgIpc) is 2.71. The molecular formula is C20H24N2O4S. The van der Waals surface area contributed by atoms with Crippen molar-refractivity contribution in [2.75, 3.05) is 21.2 Å². The van der Waals surface area contributed by atoms with Gasteiger partial charge in [0.15, 0.2) is 0 Å². The van der Waals surface area contributed by atoms with E-state index in [1.165, 1.54) is 31.9 Å². The molecular weight excluding hydrogens is 364 g/mol. The summed E-state index contributed by atoms with van der Waals surface area (Å²) < 4.78 is 32.0. The minimum Gasteiger partial charge on any atom is -0.495 e. The first-order valence-corrected chi connectivity index (χ1v) is 10.3. The topological polar surface area (TPSA) is 75.7 Å². The number of aryl methyl sites for hydroxylation is 1. The van der Waals surface area contributed by atoms with E-state index >= 15 is 0 Å². The fourth-order valence-electron chi connectivity index (χ4n) is 3.61. The Morgan fingerprint density at radius 3 is 2.67 bits per heavy atom. The molecule has 6 nitrogen and oxygen atoms in total. The quantitative estimate of drug-likeness (QED) is 0.855. The van der Waals surface area contributed by atoms with Crippen molar-refractivity contribution in [1.82, 2.24) is 9.62 Å². The highest BCUT2D eigenvalue weighted by molar-refractivity contribution is 7.89. The van der Waals surface area contributed by atoms with E-state index in [9.17, 15) is 13.2 Å². The van der Waals surface area contributed by atoms with Gasteiger partial charge in [0, 0.05) is 12.6 Å². The van der Waals surface area contributed by atoms with E-state index in [4.69, 9.17) is 4.74 Å². The van der Waals surface area contributed by atoms with Crippen LogP contribution < -0.4 is 9.46 Å². The monoisotopic (exact) mass is 388 g/mol. The van der Waals surface area contributed by atoms with Crippen LogP contribution in [0.15, 0.2) is 47.4 Å². The second-order valence-electron chi connectivity index (χ2n) is 6.60. The van der Waals surface area contributed by atoms with Gasteiger partial charge in [0.2, 0.25) is 10.0 Å². The Morgan fingerprint density at radius 1 is 1.22 bits per heavy atom. The SMILES string of the molecule is CNS(=O)(=O)c1cc(C(=O)N(C)[C@@H]2CCCc3ccccc32)ccc1OC. The second kappa shape index (κ2) is 7.70. The Kier molecular flexibility index (Phi) is 5.53. The summed E-state index contributed by atoms with van der Waals surface area (Å²) in [4.78, 5) is 14.7. The summed E-state index contributed by atoms with van der Waals surface area (Å²) in [6, 6.07) is 12.6. The van der Waals surface area contributed by atoms with Gasteiger partial charge in [-0.2, -0.15) is 0 Å². The summed E-state index contributed by atoms with van der Waals surface area (Å²) >= 11 is 0. The summed E-state index contributed by atoms with van der Waals surface area (Å²) in [5, 5.41) is 0. The number of benzene rings is 2. The molecule has 0 aromatic heterocycles. The molecule has 1 aliphatic carbocycles. The lowest BCUT2D eigenvalue weighted by Crippen LogP contribution is -2.33. The van der Waals surface area contributed by atoms with Gasteiger partial charge in [0.1, 0.15) is 10.6 Å². The van der Waals surface area contributed by atoms with Crippen molar-refractivity contribution in [1.29, 1.82) is 0 Å². The number of carbonyl (C=O) groups excluding carboxylic acids is 1. The minimum atomic E-state index is -3.74. The Morgan fingerprint density at radius 2 is 1.96 bits per heavy atom. The number of ether oxygens (including phenoxy) is 1. The summed E-state index contributed by atoms with van der Waals surface area (Å²) in [6.07, 6.45) is 2.92. The number of hydrogen-bond acceptors (Lipinski definition) is 4. The van der Waals surface area contributed by atoms with Gasteiger partial charge in [-0.3, -0.25) is 4.79 Å². The van der Waals surface area contributed by atoms with Crippen LogP contribution in [0.2, 0.25) is 0 Å². The fraction of sp³-hybridized carbons (Fsp3) is 0.350. The van der Waals surface area contributed by atoms with Gasteiger partial charge in [-0.1, -0.05) is 24.3 Å². The molecule has 144 valence electrons. The predicted octanol–water partition coefficient (Wildman–Crippen LogP) is 2.75. The van der Waals surface area contributed by atoms with Gasteiger partial charge in [0.25, 0.3) is 5.91 Å². The van der Waals surface area contributed by atoms with Gasteiger partial charge >= 0.3 is 0 Å². The molecule has 0 fully saturated rings. The number of carbonyl (C=O) groups is 1. The maximum absolute atomic E-state index is 13.1. The number of sulfonamides is 1. The van der Waals surface area contributed by atoms with Gasteiger partial charge in [-0.05, 0) is 55.6 Å². The first-order chi connectivity index (χ1) is 12.9. The van der Waals surface area contributed by atoms with Crippen LogP contribution in [0, 0.1) is 0 Å². The van der Waals surface area contributed by atoms with Gasteiger partial charge < -0.3 is 9.64 Å². The molecule has 0 unspecified atom stereocenters. The standard InChI is InChI=1S/C20H24N2O4S/c1-21-27(24,25)19-13-15(11-12-18(19)26-3)20(23)22(2)17-10-6-8-14-7-4-5-9-16(14)17/h4-5,7,9,11-13,17,21H,6,8,10H2,1-3H3/t17-/m1/s1. The molecule has 0 aliphatic heterocycles. The van der Waals surface area contributed by atoms with Crippen molar-refractivity contribution >= 4 is 15.9 Å². The Balaban J connectivity index is 1.96. The number of methoxy groups -OCH3 is 1. The lowest BCUT2D eigenvalue weighted by Gasteiger charge is -2.33. The molecule has 0 spiro atoms. The normalized spacial score (nSPS) is 16.5. The number of rotatable bonds is 5. The molecule has 7 heteroatoms. The molecule has 27 heavy (non-hydrogen) atoms. The third kappa shape index (κ3) is 3.70. The number of hydrogen-bond donors (Lipinski definition) is 1. The van der Waals surface area contributed by atoms with Crippen LogP contribution in [0.5, 0.6) is 5.75 Å². The summed E-state index contributed by atoms with van der Waals surface area (Å²) in [5.41, 5.74) is 2.74. The number of amides is 1. The fourth-order valence-corrected chi connectivity index (χ4v) is 4.52. The van der Waals surface area contributed by atoms with Crippen molar-refractivity contribution < 1.29 is 17.9 Å². The van der Waals surface area contributed by atoms with Gasteiger partial charge in [-0.25, -0.2) is 13.1 Å². The second-order valence-corrected chi connectivity index (χ2v) is 8.45. The first kappa shape index (κ1) is 19.4. The summed E-state index contributed by atoms with van der Waals surface area (Å²) in [5.74, 6) is -0.0153. The molecule has 0 saturated carbocycles. The predicted molar refractivity (Wildman–Crippen MR) is 103 cm³/mol. The van der Waals surface area contributed by atoms with Crippen molar-refractivity contribution in [2.24, 2.45) is 0 Å². The molecule has 3 rings (SSSR count). The molecule has 0 saturated heterocycles. The molecule has 1 N–H and O–H groups in total. The molecule has 1 atom stereocenters. The van der Waals surface area contributed by atoms with Crippen LogP contribution in [-0.4, -0.2) is 40.4 Å². The van der Waals surface area contributed by atoms with Gasteiger partial charge in [0.05, 0.1) is 13.2 Å². The third-order valence-corrected chi connectivity index (χ3v) is 6.53. The van der Waals surface area contributed by atoms with E-state index in [0.717, 1.165) is 24.8 Å². The number of fused-ring (bicyclic) bond motifs is 1. The van der Waals surface area contributed by atoms with Crippen molar-refractivity contribution in [3.63, 3.8) is 0 Å². The Bertz CT molecular complexity index is 956. The highest BCUT2D eigenvalue weighted by Crippen LogP contribution is 2.34. The van der Waals surface area contributed by atoms with E-state index in [2.05, 4.69) is 16.9 Å². The minimum absolute atomic E-state index is 0.0195. The highest BCUT2D eigenvalue weighted by Gasteiger charge is 2.28. The van der Waals surface area contributed by atoms with E-state index in [1.54, 1.807) is 18.0 Å². The number of nitrogens with one attached hydrogen (secondary N) is 1. The summed E-state index contributed by atoms with van der Waals surface area (Å²) in [7, 11) is 0.755. The maximum Gasteiger partial charge on any atom is 0.254 e. The molecule has 1 amide bonds. The molecule has 0 heterocycles. The smallest absolute Gasteiger partial charge is 0.254 e. The molecule has 2 aromatic rings. The molecule has 0 bridgehead atoms. The molecule has 1 aliphatic rings. The Labute approximate surface area is 160 Å². The zero-order valence-corrected chi connectivity index (χ0v) is 16.5. The maximum atomic E-state index is 13.1. The van der Waals surface area contributed by atoms with Crippen molar-refractivity contribution in [3.8, 4) is 5.75 Å². The third-order valence-electron chi connectivity index (χ3n) is 5.09. The van der Waals surface area contributed by atoms with Crippen LogP contribution in [0.1, 0.15) is 40.4 Å². The van der Waals surface area contributed by atoms with Crippen LogP contribution in [0.4, 0.5) is 0 Å². The lowest BCUT2D eigenvalue weighted by molar-refractivity contribution is 0.0715. The zero-order valence-electron chi connectivity index (χ0n) is 15.7. The molecule has 2 aromatic carbocycles. The highest BCUT2D eigenvalue weighted by atomic mass is 32.2. The van der Waals surface area contributed by atoms with E-state index in [1.807, 2.05) is 12.1 Å². The largest absolute Gasteiger partial charge is 0.495 e. The van der Waals surface area contributed by atoms with E-state index in [0.29, 0.717) is 5.56 Å². The number of nitrogens with zero attached hydrogens (tertiary/aromatic N) is 1. The van der Waals surface area contributed by atoms with E-state index in [-0.39, 0.29) is 22.6 Å². The average molecular weight is 388 g/mol. The van der Waals surface area contributed by atoms with Crippen molar-refractivity contribution in [3.05, 3.63) is 59.2 Å². The van der Waals surface area contributed by atoms with Crippen LogP contribution >= 0.6 is 0 Å². The summed E-state index contributed by atoms with van der Waals surface area (Å²) in [6.45, 7) is 0. The lowest BCUT2D eigenvalue weighted by atomic mass is 9.87. The Hall–Kier alpha value is -2.38.